The van der Waals surface area contributed by atoms with Crippen LogP contribution >= 0.6 is 0 Å². The highest BCUT2D eigenvalue weighted by molar-refractivity contribution is 7.93. The SMILES string of the molecule is Cc1cc(F)ccc1NS(=O)(=O)C1CCCC=C1C(=O)O. The highest BCUT2D eigenvalue weighted by Gasteiger charge is 2.34. The molecule has 0 aromatic heterocycles. The molecule has 1 unspecified atom stereocenters. The molecule has 1 atom stereocenters. The van der Waals surface area contributed by atoms with Crippen LogP contribution in [-0.4, -0.2) is 24.7 Å². The molecule has 0 saturated carbocycles. The Kier molecular flexibility index (Phi) is 4.32. The van der Waals surface area contributed by atoms with E-state index in [9.17, 15) is 17.6 Å². The van der Waals surface area contributed by atoms with E-state index in [1.807, 2.05) is 0 Å². The summed E-state index contributed by atoms with van der Waals surface area (Å²) >= 11 is 0. The molecule has 2 N–H and O–H groups in total. The number of hydrogen-bond donors (Lipinski definition) is 2. The van der Waals surface area contributed by atoms with Gasteiger partial charge in [-0.3, -0.25) is 4.72 Å². The smallest absolute Gasteiger partial charge is 0.332 e. The zero-order valence-corrected chi connectivity index (χ0v) is 12.3. The van der Waals surface area contributed by atoms with Gasteiger partial charge in [0.25, 0.3) is 0 Å². The predicted octanol–water partition coefficient (Wildman–Crippen LogP) is 2.44. The van der Waals surface area contributed by atoms with Gasteiger partial charge in [-0.1, -0.05) is 6.08 Å². The molecule has 0 bridgehead atoms. The van der Waals surface area contributed by atoms with Crippen molar-refractivity contribution in [1.82, 2.24) is 0 Å². The zero-order chi connectivity index (χ0) is 15.6. The molecule has 0 saturated heterocycles. The molecule has 21 heavy (non-hydrogen) atoms. The van der Waals surface area contributed by atoms with E-state index < -0.39 is 27.1 Å². The summed E-state index contributed by atoms with van der Waals surface area (Å²) in [5.41, 5.74) is 0.593. The van der Waals surface area contributed by atoms with E-state index in [2.05, 4.69) is 4.72 Å². The number of anilines is 1. The summed E-state index contributed by atoms with van der Waals surface area (Å²) in [5.74, 6) is -1.68. The fourth-order valence-electron chi connectivity index (χ4n) is 2.36. The molecule has 7 heteroatoms. The van der Waals surface area contributed by atoms with Gasteiger partial charge in [-0.2, -0.15) is 0 Å². The quantitative estimate of drug-likeness (QED) is 0.894. The van der Waals surface area contributed by atoms with Gasteiger partial charge < -0.3 is 5.11 Å². The number of hydrogen-bond acceptors (Lipinski definition) is 3. The number of halogens is 1. The Balaban J connectivity index is 2.31. The third kappa shape index (κ3) is 3.41. The van der Waals surface area contributed by atoms with Crippen LogP contribution in [0.2, 0.25) is 0 Å². The molecule has 114 valence electrons. The molecule has 0 fully saturated rings. The van der Waals surface area contributed by atoms with Crippen LogP contribution in [0.5, 0.6) is 0 Å². The minimum absolute atomic E-state index is 0.103. The van der Waals surface area contributed by atoms with Crippen LogP contribution in [-0.2, 0) is 14.8 Å². The highest BCUT2D eigenvalue weighted by atomic mass is 32.2. The summed E-state index contributed by atoms with van der Waals surface area (Å²) in [4.78, 5) is 11.2. The van der Waals surface area contributed by atoms with E-state index in [0.29, 0.717) is 18.4 Å². The summed E-state index contributed by atoms with van der Waals surface area (Å²) in [6.07, 6.45) is 2.88. The summed E-state index contributed by atoms with van der Waals surface area (Å²) < 4.78 is 40.2. The van der Waals surface area contributed by atoms with Crippen LogP contribution in [0, 0.1) is 12.7 Å². The molecule has 1 aliphatic rings. The van der Waals surface area contributed by atoms with Crippen molar-refractivity contribution in [3.63, 3.8) is 0 Å². The lowest BCUT2D eigenvalue weighted by molar-refractivity contribution is -0.132. The Morgan fingerprint density at radius 1 is 1.43 bits per heavy atom. The number of carbonyl (C=O) groups is 1. The first-order valence-corrected chi connectivity index (χ1v) is 8.07. The number of benzene rings is 1. The maximum atomic E-state index is 13.0. The average molecular weight is 313 g/mol. The van der Waals surface area contributed by atoms with Crippen LogP contribution in [0.1, 0.15) is 24.8 Å². The number of nitrogens with one attached hydrogen (secondary N) is 1. The largest absolute Gasteiger partial charge is 0.478 e. The Morgan fingerprint density at radius 3 is 2.76 bits per heavy atom. The van der Waals surface area contributed by atoms with E-state index in [1.165, 1.54) is 18.2 Å². The van der Waals surface area contributed by atoms with Crippen LogP contribution in [0.15, 0.2) is 29.8 Å². The number of rotatable bonds is 4. The Labute approximate surface area is 122 Å². The number of sulfonamides is 1. The van der Waals surface area contributed by atoms with Crippen LogP contribution in [0.3, 0.4) is 0 Å². The highest BCUT2D eigenvalue weighted by Crippen LogP contribution is 2.27. The van der Waals surface area contributed by atoms with Crippen LogP contribution in [0.25, 0.3) is 0 Å². The van der Waals surface area contributed by atoms with Gasteiger partial charge in [0.05, 0.1) is 11.3 Å². The van der Waals surface area contributed by atoms with Gasteiger partial charge in [0, 0.05) is 0 Å². The minimum atomic E-state index is -3.89. The summed E-state index contributed by atoms with van der Waals surface area (Å²) in [7, 11) is -3.89. The molecular weight excluding hydrogens is 297 g/mol. The molecule has 0 radical (unpaired) electrons. The molecule has 0 heterocycles. The topological polar surface area (TPSA) is 83.5 Å². The van der Waals surface area contributed by atoms with Crippen molar-refractivity contribution in [2.24, 2.45) is 0 Å². The Bertz CT molecular complexity index is 697. The lowest BCUT2D eigenvalue weighted by atomic mass is 9.99. The molecule has 0 amide bonds. The molecule has 1 aromatic carbocycles. The van der Waals surface area contributed by atoms with Gasteiger partial charge >= 0.3 is 5.97 Å². The van der Waals surface area contributed by atoms with E-state index in [1.54, 1.807) is 6.92 Å². The first kappa shape index (κ1) is 15.5. The van der Waals surface area contributed by atoms with Crippen molar-refractivity contribution in [2.75, 3.05) is 4.72 Å². The van der Waals surface area contributed by atoms with Gasteiger partial charge in [-0.05, 0) is 49.9 Å². The van der Waals surface area contributed by atoms with Crippen molar-refractivity contribution < 1.29 is 22.7 Å². The van der Waals surface area contributed by atoms with Crippen LogP contribution in [0.4, 0.5) is 10.1 Å². The fraction of sp³-hybridized carbons (Fsp3) is 0.357. The van der Waals surface area contributed by atoms with Gasteiger partial charge in [0.2, 0.25) is 10.0 Å². The standard InChI is InChI=1S/C14H16FNO4S/c1-9-8-10(15)6-7-12(9)16-21(19,20)13-5-3-2-4-11(13)14(17)18/h4,6-8,13,16H,2-3,5H2,1H3,(H,17,18). The molecule has 5 nitrogen and oxygen atoms in total. The molecular formula is C14H16FNO4S. The first-order chi connectivity index (χ1) is 9.81. The Morgan fingerprint density at radius 2 is 2.14 bits per heavy atom. The van der Waals surface area contributed by atoms with Crippen molar-refractivity contribution >= 4 is 21.7 Å². The van der Waals surface area contributed by atoms with Gasteiger partial charge in [0.15, 0.2) is 0 Å². The van der Waals surface area contributed by atoms with Crippen molar-refractivity contribution in [1.29, 1.82) is 0 Å². The summed E-state index contributed by atoms with van der Waals surface area (Å²) in [6, 6.07) is 3.70. The second-order valence-corrected chi connectivity index (χ2v) is 6.85. The van der Waals surface area contributed by atoms with Crippen molar-refractivity contribution in [2.45, 2.75) is 31.4 Å². The Hall–Kier alpha value is -1.89. The molecule has 1 aliphatic carbocycles. The summed E-state index contributed by atoms with van der Waals surface area (Å²) in [6.45, 7) is 1.58. The number of allylic oxidation sites excluding steroid dienone is 1. The maximum Gasteiger partial charge on any atom is 0.332 e. The molecule has 2 rings (SSSR count). The van der Waals surface area contributed by atoms with Gasteiger partial charge in [0.1, 0.15) is 11.1 Å². The second-order valence-electron chi connectivity index (χ2n) is 4.99. The third-order valence-corrected chi connectivity index (χ3v) is 5.19. The number of aryl methyl sites for hydroxylation is 1. The maximum absolute atomic E-state index is 13.0. The predicted molar refractivity (Wildman–Crippen MR) is 77.0 cm³/mol. The monoisotopic (exact) mass is 313 g/mol. The lowest BCUT2D eigenvalue weighted by Gasteiger charge is -2.23. The minimum Gasteiger partial charge on any atom is -0.478 e. The normalized spacial score (nSPS) is 19.0. The zero-order valence-electron chi connectivity index (χ0n) is 11.5. The fourth-order valence-corrected chi connectivity index (χ4v) is 4.05. The second kappa shape index (κ2) is 5.85. The molecule has 0 spiro atoms. The lowest BCUT2D eigenvalue weighted by Crippen LogP contribution is -2.34. The van der Waals surface area contributed by atoms with E-state index in [0.717, 1.165) is 6.07 Å². The molecule has 1 aromatic rings. The van der Waals surface area contributed by atoms with Gasteiger partial charge in [-0.15, -0.1) is 0 Å². The van der Waals surface area contributed by atoms with Crippen molar-refractivity contribution in [3.8, 4) is 0 Å². The van der Waals surface area contributed by atoms with Gasteiger partial charge in [-0.25, -0.2) is 17.6 Å². The first-order valence-electron chi connectivity index (χ1n) is 6.52. The third-order valence-electron chi connectivity index (χ3n) is 3.44. The average Bonchev–Trinajstić information content (AvgIpc) is 2.42. The summed E-state index contributed by atoms with van der Waals surface area (Å²) in [5, 5.41) is 8.03. The number of aliphatic carboxylic acids is 1. The van der Waals surface area contributed by atoms with E-state index >= 15 is 0 Å². The van der Waals surface area contributed by atoms with Crippen LogP contribution < -0.4 is 4.72 Å². The van der Waals surface area contributed by atoms with E-state index in [-0.39, 0.29) is 17.7 Å². The van der Waals surface area contributed by atoms with E-state index in [4.69, 9.17) is 5.11 Å². The van der Waals surface area contributed by atoms with Crippen molar-refractivity contribution in [3.05, 3.63) is 41.2 Å². The number of carboxylic acids is 1. The number of carboxylic acid groups (broad SMARTS) is 1. The molecule has 0 aliphatic heterocycles.